The minimum Gasteiger partial charge on any atom is -0.394 e. The fraction of sp³-hybridized carbons (Fsp3) is 0.500. The predicted molar refractivity (Wildman–Crippen MR) is 69.6 cm³/mol. The van der Waals surface area contributed by atoms with Crippen LogP contribution in [0.25, 0.3) is 0 Å². The number of ether oxygens (including phenoxy) is 2. The van der Waals surface area contributed by atoms with Crippen molar-refractivity contribution in [3.8, 4) is 6.07 Å². The molecule has 0 bridgehead atoms. The van der Waals surface area contributed by atoms with E-state index in [1.54, 1.807) is 30.3 Å². The quantitative estimate of drug-likeness (QED) is 0.565. The van der Waals surface area contributed by atoms with E-state index in [-0.39, 0.29) is 0 Å². The Morgan fingerprint density at radius 2 is 1.81 bits per heavy atom. The topological polar surface area (TPSA) is 123 Å². The van der Waals surface area contributed by atoms with Crippen LogP contribution in [0.5, 0.6) is 0 Å². The van der Waals surface area contributed by atoms with Gasteiger partial charge in [-0.15, -0.1) is 0 Å². The van der Waals surface area contributed by atoms with E-state index in [1.807, 2.05) is 6.07 Å². The first-order chi connectivity index (χ1) is 10.1. The van der Waals surface area contributed by atoms with Gasteiger partial charge in [0.05, 0.1) is 12.7 Å². The first-order valence-electron chi connectivity index (χ1n) is 6.49. The molecule has 1 aliphatic heterocycles. The minimum atomic E-state index is -1.53. The van der Waals surface area contributed by atoms with Crippen LogP contribution in [0.15, 0.2) is 30.3 Å². The number of benzene rings is 1. The third-order valence-corrected chi connectivity index (χ3v) is 3.34. The predicted octanol–water partition coefficient (Wildman–Crippen LogP) is -0.932. The maximum atomic E-state index is 9.86. The molecular formula is C14H17NO6. The lowest BCUT2D eigenvalue weighted by molar-refractivity contribution is -0.307. The van der Waals surface area contributed by atoms with Crippen LogP contribution in [-0.2, 0) is 9.47 Å². The van der Waals surface area contributed by atoms with Crippen LogP contribution in [0.4, 0.5) is 0 Å². The highest BCUT2D eigenvalue weighted by atomic mass is 16.7. The summed E-state index contributed by atoms with van der Waals surface area (Å²) in [7, 11) is 0. The molecule has 21 heavy (non-hydrogen) atoms. The highest BCUT2D eigenvalue weighted by Gasteiger charge is 2.44. The summed E-state index contributed by atoms with van der Waals surface area (Å²) in [5.74, 6) is 0. The lowest BCUT2D eigenvalue weighted by Gasteiger charge is -2.40. The maximum absolute atomic E-state index is 9.86. The molecule has 0 spiro atoms. The first-order valence-corrected chi connectivity index (χ1v) is 6.49. The van der Waals surface area contributed by atoms with Gasteiger partial charge in [-0.05, 0) is 5.56 Å². The van der Waals surface area contributed by atoms with Crippen molar-refractivity contribution in [2.75, 3.05) is 6.61 Å². The zero-order valence-corrected chi connectivity index (χ0v) is 11.1. The molecule has 1 aromatic carbocycles. The largest absolute Gasteiger partial charge is 0.394 e. The Bertz CT molecular complexity index is 488. The van der Waals surface area contributed by atoms with Crippen molar-refractivity contribution < 1.29 is 29.9 Å². The standard InChI is InChI=1S/C14H17NO6/c15-6-9(8-4-2-1-3-5-8)20-14-13(19)12(18)11(17)10(7-16)21-14/h1-5,9-14,16-19H,7H2/t9-,10+,11-,12+,13-,14-/m1/s1. The Labute approximate surface area is 121 Å². The number of aliphatic hydroxyl groups is 4. The van der Waals surface area contributed by atoms with Crippen molar-refractivity contribution in [2.24, 2.45) is 0 Å². The van der Waals surface area contributed by atoms with Crippen LogP contribution in [0, 0.1) is 11.3 Å². The lowest BCUT2D eigenvalue weighted by Crippen LogP contribution is -2.59. The zero-order chi connectivity index (χ0) is 15.4. The van der Waals surface area contributed by atoms with Gasteiger partial charge in [-0.1, -0.05) is 30.3 Å². The lowest BCUT2D eigenvalue weighted by atomic mass is 9.99. The molecule has 7 heteroatoms. The number of nitrogens with zero attached hydrogens (tertiary/aromatic N) is 1. The number of hydrogen-bond acceptors (Lipinski definition) is 7. The fourth-order valence-corrected chi connectivity index (χ4v) is 2.13. The van der Waals surface area contributed by atoms with Gasteiger partial charge in [-0.3, -0.25) is 0 Å². The molecule has 0 aromatic heterocycles. The summed E-state index contributed by atoms with van der Waals surface area (Å²) in [6, 6.07) is 10.5. The third kappa shape index (κ3) is 3.39. The van der Waals surface area contributed by atoms with Gasteiger partial charge in [0.2, 0.25) is 0 Å². The second-order valence-electron chi connectivity index (χ2n) is 4.75. The number of nitriles is 1. The number of aliphatic hydroxyl groups excluding tert-OH is 4. The van der Waals surface area contributed by atoms with Gasteiger partial charge >= 0.3 is 0 Å². The molecule has 7 nitrogen and oxygen atoms in total. The van der Waals surface area contributed by atoms with Crippen LogP contribution < -0.4 is 0 Å². The van der Waals surface area contributed by atoms with Crippen LogP contribution >= 0.6 is 0 Å². The summed E-state index contributed by atoms with van der Waals surface area (Å²) in [5, 5.41) is 47.5. The minimum absolute atomic E-state index is 0.548. The normalized spacial score (nSPS) is 34.1. The first kappa shape index (κ1) is 15.9. The molecule has 114 valence electrons. The molecule has 6 atom stereocenters. The SMILES string of the molecule is N#C[C@@H](O[C@@H]1O[C@@H](CO)[C@@H](O)[C@H](O)[C@H]1O)c1ccccc1. The molecule has 0 saturated carbocycles. The highest BCUT2D eigenvalue weighted by Crippen LogP contribution is 2.27. The molecule has 0 unspecified atom stereocenters. The molecule has 1 fully saturated rings. The van der Waals surface area contributed by atoms with E-state index in [2.05, 4.69) is 0 Å². The maximum Gasteiger partial charge on any atom is 0.188 e. The molecule has 0 radical (unpaired) electrons. The zero-order valence-electron chi connectivity index (χ0n) is 11.1. The van der Waals surface area contributed by atoms with Gasteiger partial charge in [0.25, 0.3) is 0 Å². The molecule has 1 aliphatic rings. The van der Waals surface area contributed by atoms with E-state index in [1.165, 1.54) is 0 Å². The molecule has 2 rings (SSSR count). The van der Waals surface area contributed by atoms with E-state index in [4.69, 9.17) is 19.8 Å². The Balaban J connectivity index is 2.12. The summed E-state index contributed by atoms with van der Waals surface area (Å²) in [6.45, 7) is -0.548. The number of hydrogen-bond donors (Lipinski definition) is 4. The van der Waals surface area contributed by atoms with Crippen molar-refractivity contribution in [2.45, 2.75) is 36.8 Å². The monoisotopic (exact) mass is 295 g/mol. The Morgan fingerprint density at radius 1 is 1.14 bits per heavy atom. The van der Waals surface area contributed by atoms with Gasteiger partial charge in [-0.2, -0.15) is 5.26 Å². The highest BCUT2D eigenvalue weighted by molar-refractivity contribution is 5.22. The van der Waals surface area contributed by atoms with Crippen molar-refractivity contribution in [3.05, 3.63) is 35.9 Å². The fourth-order valence-electron chi connectivity index (χ4n) is 2.13. The van der Waals surface area contributed by atoms with Gasteiger partial charge in [0.15, 0.2) is 12.4 Å². The van der Waals surface area contributed by atoms with E-state index in [9.17, 15) is 15.3 Å². The Morgan fingerprint density at radius 3 is 2.38 bits per heavy atom. The molecule has 0 aliphatic carbocycles. The average Bonchev–Trinajstić information content (AvgIpc) is 2.53. The van der Waals surface area contributed by atoms with Gasteiger partial charge in [0, 0.05) is 0 Å². The number of rotatable bonds is 4. The molecule has 1 heterocycles. The van der Waals surface area contributed by atoms with E-state index in [0.29, 0.717) is 5.56 Å². The molecule has 0 amide bonds. The van der Waals surface area contributed by atoms with E-state index < -0.39 is 43.4 Å². The van der Waals surface area contributed by atoms with Gasteiger partial charge in [0.1, 0.15) is 24.4 Å². The molecular weight excluding hydrogens is 278 g/mol. The van der Waals surface area contributed by atoms with Crippen LogP contribution in [0.1, 0.15) is 11.7 Å². The van der Waals surface area contributed by atoms with Gasteiger partial charge in [-0.25, -0.2) is 0 Å². The van der Waals surface area contributed by atoms with Crippen molar-refractivity contribution in [1.29, 1.82) is 5.26 Å². The summed E-state index contributed by atoms with van der Waals surface area (Å²) in [5.41, 5.74) is 0.567. The second kappa shape index (κ2) is 6.95. The summed E-state index contributed by atoms with van der Waals surface area (Å²) in [6.07, 6.45) is -7.91. The van der Waals surface area contributed by atoms with Crippen molar-refractivity contribution in [3.63, 3.8) is 0 Å². The molecule has 1 saturated heterocycles. The summed E-state index contributed by atoms with van der Waals surface area (Å²) in [4.78, 5) is 0. The Kier molecular flexibility index (Phi) is 5.25. The summed E-state index contributed by atoms with van der Waals surface area (Å²) >= 11 is 0. The van der Waals surface area contributed by atoms with Crippen molar-refractivity contribution in [1.82, 2.24) is 0 Å². The van der Waals surface area contributed by atoms with E-state index >= 15 is 0 Å². The Hall–Kier alpha value is -1.53. The summed E-state index contributed by atoms with van der Waals surface area (Å²) < 4.78 is 10.6. The van der Waals surface area contributed by atoms with Crippen LogP contribution in [-0.4, -0.2) is 57.7 Å². The van der Waals surface area contributed by atoms with Crippen LogP contribution in [0.2, 0.25) is 0 Å². The third-order valence-electron chi connectivity index (χ3n) is 3.34. The van der Waals surface area contributed by atoms with E-state index in [0.717, 1.165) is 0 Å². The van der Waals surface area contributed by atoms with Gasteiger partial charge < -0.3 is 29.9 Å². The molecule has 1 aromatic rings. The molecule has 4 N–H and O–H groups in total. The average molecular weight is 295 g/mol. The van der Waals surface area contributed by atoms with Crippen molar-refractivity contribution >= 4 is 0 Å². The smallest absolute Gasteiger partial charge is 0.188 e. The second-order valence-corrected chi connectivity index (χ2v) is 4.75. The van der Waals surface area contributed by atoms with Crippen LogP contribution in [0.3, 0.4) is 0 Å².